The van der Waals surface area contributed by atoms with E-state index in [0.29, 0.717) is 5.75 Å². The van der Waals surface area contributed by atoms with Crippen LogP contribution in [0.1, 0.15) is 33.1 Å². The van der Waals surface area contributed by atoms with Gasteiger partial charge in [-0.15, -0.1) is 0 Å². The quantitative estimate of drug-likeness (QED) is 0.797. The summed E-state index contributed by atoms with van der Waals surface area (Å²) in [6.45, 7) is 5.80. The summed E-state index contributed by atoms with van der Waals surface area (Å²) in [6, 6.07) is -0.0540. The van der Waals surface area contributed by atoms with Crippen molar-refractivity contribution in [1.82, 2.24) is 4.90 Å². The predicted octanol–water partition coefficient (Wildman–Crippen LogP) is 1.48. The van der Waals surface area contributed by atoms with Gasteiger partial charge in [0.2, 0.25) is 5.91 Å². The topological polar surface area (TPSA) is 55.6 Å². The van der Waals surface area contributed by atoms with E-state index in [1.165, 1.54) is 6.42 Å². The minimum Gasteiger partial charge on any atom is -0.377 e. The molecule has 1 unspecified atom stereocenters. The Bertz CT molecular complexity index is 266. The summed E-state index contributed by atoms with van der Waals surface area (Å²) >= 11 is 1.61. The summed E-state index contributed by atoms with van der Waals surface area (Å²) < 4.78 is 5.34. The second-order valence-electron chi connectivity index (χ2n) is 5.37. The normalized spacial score (nSPS) is 18.8. The van der Waals surface area contributed by atoms with Gasteiger partial charge < -0.3 is 15.4 Å². The Balaban J connectivity index is 2.22. The fourth-order valence-electron chi connectivity index (χ4n) is 1.86. The molecule has 5 heteroatoms. The molecule has 1 amide bonds. The van der Waals surface area contributed by atoms with Crippen LogP contribution in [0.4, 0.5) is 0 Å². The van der Waals surface area contributed by atoms with E-state index in [2.05, 4.69) is 0 Å². The second-order valence-corrected chi connectivity index (χ2v) is 6.40. The lowest BCUT2D eigenvalue weighted by Crippen LogP contribution is -2.46. The van der Waals surface area contributed by atoms with Crippen molar-refractivity contribution in [3.05, 3.63) is 0 Å². The van der Waals surface area contributed by atoms with E-state index in [4.69, 9.17) is 10.5 Å². The molecule has 2 N–H and O–H groups in total. The largest absolute Gasteiger partial charge is 0.377 e. The number of likely N-dealkylation sites (tertiary alicyclic amines) is 1. The Morgan fingerprint density at radius 3 is 2.56 bits per heavy atom. The first kappa shape index (κ1) is 15.8. The van der Waals surface area contributed by atoms with Crippen molar-refractivity contribution < 1.29 is 9.53 Å². The van der Waals surface area contributed by atoms with E-state index in [-0.39, 0.29) is 17.6 Å². The van der Waals surface area contributed by atoms with E-state index in [1.54, 1.807) is 18.9 Å². The van der Waals surface area contributed by atoms with Gasteiger partial charge in [0.1, 0.15) is 0 Å². The van der Waals surface area contributed by atoms with Crippen molar-refractivity contribution in [3.8, 4) is 0 Å². The van der Waals surface area contributed by atoms with Gasteiger partial charge in [-0.25, -0.2) is 0 Å². The lowest BCUT2D eigenvalue weighted by molar-refractivity contribution is -0.129. The van der Waals surface area contributed by atoms with E-state index < -0.39 is 0 Å². The van der Waals surface area contributed by atoms with Gasteiger partial charge in [0.25, 0.3) is 0 Å². The zero-order chi connectivity index (χ0) is 13.6. The van der Waals surface area contributed by atoms with Crippen LogP contribution in [0.5, 0.6) is 0 Å². The third-order valence-corrected chi connectivity index (χ3v) is 4.70. The third kappa shape index (κ3) is 4.78. The number of amides is 1. The maximum absolute atomic E-state index is 11.9. The molecule has 1 aliphatic heterocycles. The van der Waals surface area contributed by atoms with E-state index in [9.17, 15) is 4.79 Å². The molecular formula is C13H26N2O2S. The lowest BCUT2D eigenvalue weighted by atomic mass is 10.0. The molecule has 0 spiro atoms. The first-order valence-corrected chi connectivity index (χ1v) is 7.79. The van der Waals surface area contributed by atoms with Gasteiger partial charge in [0, 0.05) is 32.0 Å². The summed E-state index contributed by atoms with van der Waals surface area (Å²) in [5.74, 6) is 1.54. The molecule has 1 aliphatic rings. The number of nitrogens with zero attached hydrogens (tertiary/aromatic N) is 1. The van der Waals surface area contributed by atoms with Crippen LogP contribution < -0.4 is 5.73 Å². The Morgan fingerprint density at radius 2 is 2.00 bits per heavy atom. The zero-order valence-electron chi connectivity index (χ0n) is 11.8. The first-order valence-electron chi connectivity index (χ1n) is 6.63. The summed E-state index contributed by atoms with van der Waals surface area (Å²) in [5.41, 5.74) is 5.72. The van der Waals surface area contributed by atoms with Crippen molar-refractivity contribution in [2.75, 3.05) is 31.7 Å². The van der Waals surface area contributed by atoms with Crippen molar-refractivity contribution in [2.45, 2.75) is 44.8 Å². The molecule has 1 atom stereocenters. The molecular weight excluding hydrogens is 248 g/mol. The number of methoxy groups -OCH3 is 1. The predicted molar refractivity (Wildman–Crippen MR) is 76.8 cm³/mol. The number of carbonyl (C=O) groups excluding carboxylic acids is 1. The molecule has 0 aromatic rings. The number of hydrogen-bond donors (Lipinski definition) is 1. The maximum atomic E-state index is 11.9. The van der Waals surface area contributed by atoms with Gasteiger partial charge in [0.15, 0.2) is 0 Å². The highest BCUT2D eigenvalue weighted by Gasteiger charge is 2.26. The highest BCUT2D eigenvalue weighted by Crippen LogP contribution is 2.17. The second kappa shape index (κ2) is 7.36. The number of piperidine rings is 1. The molecule has 1 rings (SSSR count). The molecule has 0 aliphatic carbocycles. The summed E-state index contributed by atoms with van der Waals surface area (Å²) in [4.78, 5) is 13.9. The fourth-order valence-corrected chi connectivity index (χ4v) is 2.99. The molecule has 1 heterocycles. The van der Waals surface area contributed by atoms with Crippen LogP contribution in [-0.2, 0) is 9.53 Å². The molecule has 0 aromatic heterocycles. The molecule has 4 nitrogen and oxygen atoms in total. The highest BCUT2D eigenvalue weighted by atomic mass is 32.2. The number of rotatable bonds is 6. The van der Waals surface area contributed by atoms with Crippen molar-refractivity contribution in [1.29, 1.82) is 0 Å². The molecule has 18 heavy (non-hydrogen) atoms. The number of thioether (sulfide) groups is 1. The molecule has 0 saturated carbocycles. The van der Waals surface area contributed by atoms with Crippen LogP contribution in [-0.4, -0.2) is 54.2 Å². The van der Waals surface area contributed by atoms with Crippen LogP contribution in [0.15, 0.2) is 0 Å². The van der Waals surface area contributed by atoms with Gasteiger partial charge in [-0.1, -0.05) is 0 Å². The van der Waals surface area contributed by atoms with Crippen molar-refractivity contribution in [2.24, 2.45) is 5.73 Å². The molecule has 1 fully saturated rings. The van der Waals surface area contributed by atoms with E-state index >= 15 is 0 Å². The standard InChI is InChI=1S/C13H26N2O2S/c1-13(2,17-3)11(14)9-18-10-12(16)15-7-5-4-6-8-15/h11H,4-10,14H2,1-3H3. The summed E-state index contributed by atoms with van der Waals surface area (Å²) in [6.07, 6.45) is 3.54. The molecule has 0 bridgehead atoms. The molecule has 1 saturated heterocycles. The van der Waals surface area contributed by atoms with Crippen LogP contribution in [0.2, 0.25) is 0 Å². The van der Waals surface area contributed by atoms with Gasteiger partial charge in [0.05, 0.1) is 11.4 Å². The first-order chi connectivity index (χ1) is 8.47. The van der Waals surface area contributed by atoms with E-state index in [0.717, 1.165) is 31.7 Å². The number of nitrogens with two attached hydrogens (primary N) is 1. The highest BCUT2D eigenvalue weighted by molar-refractivity contribution is 8.00. The monoisotopic (exact) mass is 274 g/mol. The Hall–Kier alpha value is -0.260. The van der Waals surface area contributed by atoms with Crippen LogP contribution in [0, 0.1) is 0 Å². The number of hydrogen-bond acceptors (Lipinski definition) is 4. The fraction of sp³-hybridized carbons (Fsp3) is 0.923. The minimum atomic E-state index is -0.332. The van der Waals surface area contributed by atoms with Crippen LogP contribution in [0.3, 0.4) is 0 Å². The van der Waals surface area contributed by atoms with Crippen LogP contribution >= 0.6 is 11.8 Å². The Morgan fingerprint density at radius 1 is 1.39 bits per heavy atom. The summed E-state index contributed by atoms with van der Waals surface area (Å²) in [5, 5.41) is 0. The number of ether oxygens (including phenoxy) is 1. The Labute approximate surface area is 115 Å². The lowest BCUT2D eigenvalue weighted by Gasteiger charge is -2.30. The van der Waals surface area contributed by atoms with Gasteiger partial charge in [-0.3, -0.25) is 4.79 Å². The van der Waals surface area contributed by atoms with Gasteiger partial charge in [-0.05, 0) is 33.1 Å². The minimum absolute atomic E-state index is 0.0540. The average molecular weight is 274 g/mol. The average Bonchev–Trinajstić information content (AvgIpc) is 2.39. The third-order valence-electron chi connectivity index (χ3n) is 3.65. The Kier molecular flexibility index (Phi) is 6.46. The van der Waals surface area contributed by atoms with Crippen molar-refractivity contribution in [3.63, 3.8) is 0 Å². The SMILES string of the molecule is COC(C)(C)C(N)CSCC(=O)N1CCCCC1. The zero-order valence-corrected chi connectivity index (χ0v) is 12.6. The molecule has 0 radical (unpaired) electrons. The smallest absolute Gasteiger partial charge is 0.232 e. The molecule has 0 aromatic carbocycles. The molecule has 106 valence electrons. The van der Waals surface area contributed by atoms with Crippen molar-refractivity contribution >= 4 is 17.7 Å². The van der Waals surface area contributed by atoms with Crippen LogP contribution in [0.25, 0.3) is 0 Å². The van der Waals surface area contributed by atoms with Gasteiger partial charge in [-0.2, -0.15) is 11.8 Å². The van der Waals surface area contributed by atoms with Gasteiger partial charge >= 0.3 is 0 Å². The van der Waals surface area contributed by atoms with E-state index in [1.807, 2.05) is 18.7 Å². The maximum Gasteiger partial charge on any atom is 0.232 e. The summed E-state index contributed by atoms with van der Waals surface area (Å²) in [7, 11) is 1.67. The number of carbonyl (C=O) groups is 1.